The molecule has 0 spiro atoms. The van der Waals surface area contributed by atoms with Gasteiger partial charge in [-0.15, -0.1) is 0 Å². The lowest BCUT2D eigenvalue weighted by Crippen LogP contribution is -2.07. The summed E-state index contributed by atoms with van der Waals surface area (Å²) >= 11 is 0. The summed E-state index contributed by atoms with van der Waals surface area (Å²) in [5.41, 5.74) is 0.363. The quantitative estimate of drug-likeness (QED) is 0.702. The van der Waals surface area contributed by atoms with Crippen molar-refractivity contribution in [3.63, 3.8) is 0 Å². The number of hydrogen-bond acceptors (Lipinski definition) is 2. The number of nitrogens with zero attached hydrogens (tertiary/aromatic N) is 1. The molecule has 0 bridgehead atoms. The van der Waals surface area contributed by atoms with Crippen molar-refractivity contribution < 1.29 is 14.6 Å². The largest absolute Gasteiger partial charge is 0.477 e. The molecule has 0 saturated carbocycles. The Morgan fingerprint density at radius 2 is 2.27 bits per heavy atom. The summed E-state index contributed by atoms with van der Waals surface area (Å²) in [5, 5.41) is 8.85. The number of unbranched alkanes of at least 4 members (excludes halogenated alkanes) is 2. The summed E-state index contributed by atoms with van der Waals surface area (Å²) in [7, 11) is 1.69. The van der Waals surface area contributed by atoms with E-state index in [2.05, 4.69) is 0 Å². The van der Waals surface area contributed by atoms with Crippen LogP contribution in [-0.2, 0) is 11.3 Å². The van der Waals surface area contributed by atoms with Crippen molar-refractivity contribution in [2.75, 3.05) is 13.7 Å². The van der Waals surface area contributed by atoms with E-state index >= 15 is 0 Å². The molecule has 1 aromatic rings. The maximum Gasteiger partial charge on any atom is 0.352 e. The highest BCUT2D eigenvalue weighted by molar-refractivity contribution is 5.85. The Labute approximate surface area is 89.5 Å². The molecule has 1 N–H and O–H groups in total. The van der Waals surface area contributed by atoms with E-state index < -0.39 is 5.97 Å². The summed E-state index contributed by atoms with van der Waals surface area (Å²) in [5.74, 6) is -0.864. The predicted molar refractivity (Wildman–Crippen MR) is 57.1 cm³/mol. The van der Waals surface area contributed by atoms with Crippen LogP contribution < -0.4 is 0 Å². The number of aryl methyl sites for hydroxylation is 1. The second-order valence-electron chi connectivity index (χ2n) is 3.45. The summed E-state index contributed by atoms with van der Waals surface area (Å²) < 4.78 is 6.71. The predicted octanol–water partition coefficient (Wildman–Crippen LogP) is 2.00. The van der Waals surface area contributed by atoms with Crippen LogP contribution in [0.1, 0.15) is 29.8 Å². The molecule has 0 fully saturated rings. The van der Waals surface area contributed by atoms with Crippen molar-refractivity contribution >= 4 is 5.97 Å². The van der Waals surface area contributed by atoms with E-state index in [4.69, 9.17) is 9.84 Å². The lowest BCUT2D eigenvalue weighted by atomic mass is 10.2. The van der Waals surface area contributed by atoms with Crippen LogP contribution in [0.4, 0.5) is 0 Å². The van der Waals surface area contributed by atoms with Gasteiger partial charge in [-0.05, 0) is 31.4 Å². The summed E-state index contributed by atoms with van der Waals surface area (Å²) in [4.78, 5) is 10.8. The minimum Gasteiger partial charge on any atom is -0.477 e. The molecule has 4 nitrogen and oxygen atoms in total. The summed E-state index contributed by atoms with van der Waals surface area (Å²) in [6, 6.07) is 3.39. The number of aromatic carboxylic acids is 1. The number of rotatable bonds is 7. The van der Waals surface area contributed by atoms with Crippen molar-refractivity contribution in [1.29, 1.82) is 0 Å². The van der Waals surface area contributed by atoms with Crippen molar-refractivity contribution in [3.05, 3.63) is 24.0 Å². The zero-order valence-electron chi connectivity index (χ0n) is 8.98. The van der Waals surface area contributed by atoms with Crippen LogP contribution >= 0.6 is 0 Å². The van der Waals surface area contributed by atoms with E-state index in [1.165, 1.54) is 0 Å². The molecule has 0 atom stereocenters. The molecule has 0 aliphatic rings. The highest BCUT2D eigenvalue weighted by Gasteiger charge is 2.07. The number of carboxylic acid groups (broad SMARTS) is 1. The number of ether oxygens (including phenoxy) is 1. The van der Waals surface area contributed by atoms with Crippen LogP contribution in [0, 0.1) is 0 Å². The fourth-order valence-corrected chi connectivity index (χ4v) is 1.51. The Kier molecular flexibility index (Phi) is 4.90. The van der Waals surface area contributed by atoms with Gasteiger partial charge in [0.1, 0.15) is 5.69 Å². The fraction of sp³-hybridized carbons (Fsp3) is 0.545. The molecule has 0 radical (unpaired) electrons. The standard InChI is InChI=1S/C11H17NO3/c1-15-9-4-2-3-7-12-8-5-6-10(12)11(13)14/h5-6,8H,2-4,7,9H2,1H3,(H,13,14). The van der Waals surface area contributed by atoms with E-state index in [0.29, 0.717) is 5.69 Å². The maximum atomic E-state index is 10.8. The monoisotopic (exact) mass is 211 g/mol. The van der Waals surface area contributed by atoms with Gasteiger partial charge in [0, 0.05) is 26.5 Å². The summed E-state index contributed by atoms with van der Waals surface area (Å²) in [6.45, 7) is 1.54. The molecule has 84 valence electrons. The Morgan fingerprint density at radius 1 is 1.47 bits per heavy atom. The molecule has 0 aliphatic heterocycles. The van der Waals surface area contributed by atoms with Gasteiger partial charge in [-0.2, -0.15) is 0 Å². The minimum atomic E-state index is -0.864. The van der Waals surface area contributed by atoms with Gasteiger partial charge in [-0.1, -0.05) is 0 Å². The van der Waals surface area contributed by atoms with Crippen LogP contribution in [0.5, 0.6) is 0 Å². The normalized spacial score (nSPS) is 10.5. The summed E-state index contributed by atoms with van der Waals surface area (Å²) in [6.07, 6.45) is 4.88. The van der Waals surface area contributed by atoms with Gasteiger partial charge >= 0.3 is 5.97 Å². The van der Waals surface area contributed by atoms with Crippen molar-refractivity contribution in [2.45, 2.75) is 25.8 Å². The van der Waals surface area contributed by atoms with Crippen LogP contribution in [0.25, 0.3) is 0 Å². The van der Waals surface area contributed by atoms with Crippen molar-refractivity contribution in [2.24, 2.45) is 0 Å². The van der Waals surface area contributed by atoms with Gasteiger partial charge in [0.05, 0.1) is 0 Å². The van der Waals surface area contributed by atoms with Crippen LogP contribution in [-0.4, -0.2) is 29.4 Å². The highest BCUT2D eigenvalue weighted by atomic mass is 16.5. The molecule has 0 aromatic carbocycles. The maximum absolute atomic E-state index is 10.8. The lowest BCUT2D eigenvalue weighted by Gasteiger charge is -2.05. The zero-order valence-corrected chi connectivity index (χ0v) is 8.98. The van der Waals surface area contributed by atoms with Crippen LogP contribution in [0.3, 0.4) is 0 Å². The van der Waals surface area contributed by atoms with E-state index in [9.17, 15) is 4.79 Å². The van der Waals surface area contributed by atoms with Gasteiger partial charge < -0.3 is 14.4 Å². The fourth-order valence-electron chi connectivity index (χ4n) is 1.51. The Bertz CT molecular complexity index is 307. The van der Waals surface area contributed by atoms with E-state index in [1.54, 1.807) is 30.0 Å². The van der Waals surface area contributed by atoms with E-state index in [-0.39, 0.29) is 0 Å². The first-order valence-electron chi connectivity index (χ1n) is 5.13. The second kappa shape index (κ2) is 6.24. The molecular formula is C11H17NO3. The van der Waals surface area contributed by atoms with Gasteiger partial charge in [0.15, 0.2) is 0 Å². The average molecular weight is 211 g/mol. The molecular weight excluding hydrogens is 194 g/mol. The van der Waals surface area contributed by atoms with Crippen molar-refractivity contribution in [1.82, 2.24) is 4.57 Å². The molecule has 0 unspecified atom stereocenters. The smallest absolute Gasteiger partial charge is 0.352 e. The Balaban J connectivity index is 2.31. The lowest BCUT2D eigenvalue weighted by molar-refractivity contribution is 0.0685. The molecule has 1 rings (SSSR count). The molecule has 0 amide bonds. The third-order valence-electron chi connectivity index (χ3n) is 2.30. The van der Waals surface area contributed by atoms with Gasteiger partial charge in [0.2, 0.25) is 0 Å². The topological polar surface area (TPSA) is 51.5 Å². The second-order valence-corrected chi connectivity index (χ2v) is 3.45. The molecule has 0 saturated heterocycles. The minimum absolute atomic E-state index is 0.363. The molecule has 15 heavy (non-hydrogen) atoms. The van der Waals surface area contributed by atoms with Crippen molar-refractivity contribution in [3.8, 4) is 0 Å². The Morgan fingerprint density at radius 3 is 2.93 bits per heavy atom. The first-order valence-corrected chi connectivity index (χ1v) is 5.13. The molecule has 1 heterocycles. The molecule has 4 heteroatoms. The number of carboxylic acids is 1. The SMILES string of the molecule is COCCCCCn1cccc1C(=O)O. The van der Waals surface area contributed by atoms with E-state index in [1.807, 2.05) is 0 Å². The van der Waals surface area contributed by atoms with Crippen LogP contribution in [0.2, 0.25) is 0 Å². The highest BCUT2D eigenvalue weighted by Crippen LogP contribution is 2.05. The van der Waals surface area contributed by atoms with Gasteiger partial charge in [0.25, 0.3) is 0 Å². The first kappa shape index (κ1) is 11.8. The van der Waals surface area contributed by atoms with E-state index in [0.717, 1.165) is 32.4 Å². The van der Waals surface area contributed by atoms with Gasteiger partial charge in [-0.25, -0.2) is 4.79 Å². The number of aromatic nitrogens is 1. The Hall–Kier alpha value is -1.29. The first-order chi connectivity index (χ1) is 7.25. The molecule has 0 aliphatic carbocycles. The number of hydrogen-bond donors (Lipinski definition) is 1. The number of carbonyl (C=O) groups is 1. The van der Waals surface area contributed by atoms with Gasteiger partial charge in [-0.3, -0.25) is 0 Å². The zero-order chi connectivity index (χ0) is 11.1. The number of methoxy groups -OCH3 is 1. The third-order valence-corrected chi connectivity index (χ3v) is 2.30. The van der Waals surface area contributed by atoms with Crippen LogP contribution in [0.15, 0.2) is 18.3 Å². The molecule has 1 aromatic heterocycles. The third kappa shape index (κ3) is 3.75. The average Bonchev–Trinajstić information content (AvgIpc) is 2.66.